The lowest BCUT2D eigenvalue weighted by atomic mass is 10.3. The Labute approximate surface area is 94.2 Å². The van der Waals surface area contributed by atoms with E-state index in [-0.39, 0.29) is 0 Å². The van der Waals surface area contributed by atoms with Crippen LogP contribution >= 0.6 is 0 Å². The smallest absolute Gasteiger partial charge is 0.404 e. The minimum Gasteiger partial charge on any atom is -0.494 e. The molecule has 0 aliphatic carbocycles. The molecular weight excluding hydrogens is 208 g/mol. The average molecular weight is 224 g/mol. The number of carboxylic acid groups (broad SMARTS) is 1. The van der Waals surface area contributed by atoms with Gasteiger partial charge in [-0.3, -0.25) is 0 Å². The third kappa shape index (κ3) is 5.09. The van der Waals surface area contributed by atoms with Crippen LogP contribution in [0.5, 0.6) is 5.75 Å². The lowest BCUT2D eigenvalue weighted by molar-refractivity contribution is 0.194. The van der Waals surface area contributed by atoms with E-state index >= 15 is 0 Å². The van der Waals surface area contributed by atoms with Gasteiger partial charge in [0.2, 0.25) is 0 Å². The zero-order valence-electron chi connectivity index (χ0n) is 8.98. The summed E-state index contributed by atoms with van der Waals surface area (Å²) >= 11 is 0. The number of rotatable bonds is 6. The number of carbonyl (C=O) groups is 1. The van der Waals surface area contributed by atoms with Crippen molar-refractivity contribution in [3.05, 3.63) is 24.3 Å². The van der Waals surface area contributed by atoms with Crippen molar-refractivity contribution < 1.29 is 14.6 Å². The summed E-state index contributed by atoms with van der Waals surface area (Å²) in [6, 6.07) is 7.18. The Bertz CT molecular complexity index is 325. The van der Waals surface area contributed by atoms with Gasteiger partial charge in [-0.15, -0.1) is 0 Å². The van der Waals surface area contributed by atoms with Gasteiger partial charge in [-0.1, -0.05) is 0 Å². The lowest BCUT2D eigenvalue weighted by Crippen LogP contribution is -2.22. The first kappa shape index (κ1) is 12.2. The SMILES string of the molecule is Nc1ccc(OCCCCNC(=O)O)cc1. The molecule has 1 rings (SSSR count). The summed E-state index contributed by atoms with van der Waals surface area (Å²) in [6.07, 6.45) is 0.589. The molecule has 0 fully saturated rings. The largest absolute Gasteiger partial charge is 0.494 e. The van der Waals surface area contributed by atoms with Crippen molar-refractivity contribution in [2.24, 2.45) is 0 Å². The van der Waals surface area contributed by atoms with Gasteiger partial charge in [0.1, 0.15) is 5.75 Å². The molecule has 1 aromatic carbocycles. The molecule has 1 aromatic rings. The Balaban J connectivity index is 2.07. The van der Waals surface area contributed by atoms with Crippen molar-refractivity contribution in [2.45, 2.75) is 12.8 Å². The number of benzene rings is 1. The van der Waals surface area contributed by atoms with Crippen molar-refractivity contribution in [3.63, 3.8) is 0 Å². The van der Waals surface area contributed by atoms with Gasteiger partial charge in [-0.05, 0) is 37.1 Å². The Kier molecular flexibility index (Phi) is 4.98. The number of unbranched alkanes of at least 4 members (excludes halogenated alkanes) is 1. The standard InChI is InChI=1S/C11H16N2O3/c12-9-3-5-10(6-4-9)16-8-2-1-7-13-11(14)15/h3-6,13H,1-2,7-8,12H2,(H,14,15). The first-order valence-corrected chi connectivity index (χ1v) is 5.13. The maximum Gasteiger partial charge on any atom is 0.404 e. The third-order valence-corrected chi connectivity index (χ3v) is 2.00. The Morgan fingerprint density at radius 1 is 1.31 bits per heavy atom. The second kappa shape index (κ2) is 6.55. The minimum atomic E-state index is -0.987. The fraction of sp³-hybridized carbons (Fsp3) is 0.364. The van der Waals surface area contributed by atoms with E-state index in [9.17, 15) is 4.79 Å². The molecule has 0 saturated carbocycles. The van der Waals surface area contributed by atoms with Crippen LogP contribution in [0.2, 0.25) is 0 Å². The highest BCUT2D eigenvalue weighted by atomic mass is 16.5. The first-order valence-electron chi connectivity index (χ1n) is 5.13. The van der Waals surface area contributed by atoms with Crippen LogP contribution in [0.25, 0.3) is 0 Å². The molecule has 0 atom stereocenters. The molecule has 88 valence electrons. The molecule has 5 nitrogen and oxygen atoms in total. The molecule has 1 amide bonds. The zero-order chi connectivity index (χ0) is 11.8. The van der Waals surface area contributed by atoms with Gasteiger partial charge >= 0.3 is 6.09 Å². The van der Waals surface area contributed by atoms with Crippen LogP contribution in [0.1, 0.15) is 12.8 Å². The predicted octanol–water partition coefficient (Wildman–Crippen LogP) is 1.70. The molecule has 0 saturated heterocycles. The summed E-state index contributed by atoms with van der Waals surface area (Å²) in [7, 11) is 0. The summed E-state index contributed by atoms with van der Waals surface area (Å²) < 4.78 is 5.44. The van der Waals surface area contributed by atoms with E-state index in [0.29, 0.717) is 18.8 Å². The quantitative estimate of drug-likeness (QED) is 0.507. The van der Waals surface area contributed by atoms with E-state index in [1.807, 2.05) is 12.1 Å². The van der Waals surface area contributed by atoms with E-state index in [1.54, 1.807) is 12.1 Å². The fourth-order valence-electron chi connectivity index (χ4n) is 1.18. The second-order valence-corrected chi connectivity index (χ2v) is 3.36. The number of nitrogens with one attached hydrogen (secondary N) is 1. The van der Waals surface area contributed by atoms with Crippen LogP contribution in [0, 0.1) is 0 Å². The van der Waals surface area contributed by atoms with E-state index in [4.69, 9.17) is 15.6 Å². The van der Waals surface area contributed by atoms with Crippen LogP contribution in [-0.4, -0.2) is 24.4 Å². The molecule has 16 heavy (non-hydrogen) atoms. The van der Waals surface area contributed by atoms with E-state index < -0.39 is 6.09 Å². The van der Waals surface area contributed by atoms with E-state index in [2.05, 4.69) is 5.32 Å². The minimum absolute atomic E-state index is 0.459. The van der Waals surface area contributed by atoms with Crippen LogP contribution in [0.15, 0.2) is 24.3 Å². The van der Waals surface area contributed by atoms with Crippen molar-refractivity contribution >= 4 is 11.8 Å². The normalized spacial score (nSPS) is 9.75. The summed E-state index contributed by atoms with van der Waals surface area (Å²) in [5.74, 6) is 0.778. The summed E-state index contributed by atoms with van der Waals surface area (Å²) in [5, 5.41) is 10.6. The fourth-order valence-corrected chi connectivity index (χ4v) is 1.18. The number of nitrogens with two attached hydrogens (primary N) is 1. The van der Waals surface area contributed by atoms with Gasteiger partial charge < -0.3 is 20.9 Å². The molecule has 0 heterocycles. The summed E-state index contributed by atoms with van der Waals surface area (Å²) in [6.45, 7) is 1.03. The van der Waals surface area contributed by atoms with Gasteiger partial charge in [0.25, 0.3) is 0 Å². The molecule has 5 heteroatoms. The number of hydrogen-bond acceptors (Lipinski definition) is 3. The number of ether oxygens (including phenoxy) is 1. The van der Waals surface area contributed by atoms with Crippen LogP contribution < -0.4 is 15.8 Å². The highest BCUT2D eigenvalue weighted by Gasteiger charge is 1.95. The van der Waals surface area contributed by atoms with Gasteiger partial charge in [-0.2, -0.15) is 0 Å². The number of anilines is 1. The number of nitrogen functional groups attached to an aromatic ring is 1. The van der Waals surface area contributed by atoms with Gasteiger partial charge in [0.05, 0.1) is 6.61 Å². The zero-order valence-corrected chi connectivity index (χ0v) is 8.98. The predicted molar refractivity (Wildman–Crippen MR) is 61.6 cm³/mol. The van der Waals surface area contributed by atoms with Gasteiger partial charge in [-0.25, -0.2) is 4.79 Å². The molecular formula is C11H16N2O3. The van der Waals surface area contributed by atoms with Crippen LogP contribution in [0.4, 0.5) is 10.5 Å². The van der Waals surface area contributed by atoms with Crippen molar-refractivity contribution in [1.82, 2.24) is 5.32 Å². The van der Waals surface area contributed by atoms with E-state index in [1.165, 1.54) is 0 Å². The Hall–Kier alpha value is -1.91. The molecule has 0 aliphatic rings. The van der Waals surface area contributed by atoms with Gasteiger partial charge in [0, 0.05) is 12.2 Å². The van der Waals surface area contributed by atoms with E-state index in [0.717, 1.165) is 18.6 Å². The first-order chi connectivity index (χ1) is 7.68. The highest BCUT2D eigenvalue weighted by Crippen LogP contribution is 2.13. The lowest BCUT2D eigenvalue weighted by Gasteiger charge is -2.06. The highest BCUT2D eigenvalue weighted by molar-refractivity contribution is 5.64. The topological polar surface area (TPSA) is 84.6 Å². The molecule has 0 bridgehead atoms. The monoisotopic (exact) mass is 224 g/mol. The van der Waals surface area contributed by atoms with Crippen LogP contribution in [0.3, 0.4) is 0 Å². The van der Waals surface area contributed by atoms with Gasteiger partial charge in [0.15, 0.2) is 0 Å². The molecule has 0 unspecified atom stereocenters. The maximum atomic E-state index is 10.1. The Morgan fingerprint density at radius 3 is 2.62 bits per heavy atom. The molecule has 0 spiro atoms. The summed E-state index contributed by atoms with van der Waals surface area (Å²) in [5.41, 5.74) is 6.24. The van der Waals surface area contributed by atoms with Crippen molar-refractivity contribution in [3.8, 4) is 5.75 Å². The molecule has 0 aliphatic heterocycles. The molecule has 4 N–H and O–H groups in total. The average Bonchev–Trinajstić information content (AvgIpc) is 2.25. The van der Waals surface area contributed by atoms with Crippen molar-refractivity contribution in [2.75, 3.05) is 18.9 Å². The molecule has 0 aromatic heterocycles. The number of hydrogen-bond donors (Lipinski definition) is 3. The third-order valence-electron chi connectivity index (χ3n) is 2.00. The van der Waals surface area contributed by atoms with Crippen molar-refractivity contribution in [1.29, 1.82) is 0 Å². The molecule has 0 radical (unpaired) electrons. The number of amides is 1. The van der Waals surface area contributed by atoms with Crippen LogP contribution in [-0.2, 0) is 0 Å². The Morgan fingerprint density at radius 2 is 2.00 bits per heavy atom. The maximum absolute atomic E-state index is 10.1. The summed E-state index contributed by atoms with van der Waals surface area (Å²) in [4.78, 5) is 10.1. The second-order valence-electron chi connectivity index (χ2n) is 3.36.